The summed E-state index contributed by atoms with van der Waals surface area (Å²) in [5, 5.41) is 11.9. The van der Waals surface area contributed by atoms with Crippen molar-refractivity contribution in [3.63, 3.8) is 0 Å². The predicted octanol–water partition coefficient (Wildman–Crippen LogP) is -0.249. The SMILES string of the molecule is C=CCNC(=O)C(C)N1CCC(N2CCN(CCO)CC2)CC1. The molecule has 132 valence electrons. The van der Waals surface area contributed by atoms with Crippen LogP contribution < -0.4 is 5.32 Å². The van der Waals surface area contributed by atoms with E-state index in [0.717, 1.165) is 58.7 Å². The van der Waals surface area contributed by atoms with Crippen molar-refractivity contribution in [3.05, 3.63) is 12.7 Å². The van der Waals surface area contributed by atoms with Crippen LogP contribution in [0.5, 0.6) is 0 Å². The standard InChI is InChI=1S/C17H32N4O2/c1-3-6-18-17(23)15(2)20-7-4-16(5-8-20)21-11-9-19(10-12-21)13-14-22/h3,15-16,22H,1,4-14H2,2H3,(H,18,23). The highest BCUT2D eigenvalue weighted by molar-refractivity contribution is 5.81. The minimum atomic E-state index is -0.0581. The van der Waals surface area contributed by atoms with Gasteiger partial charge in [-0.3, -0.25) is 19.5 Å². The summed E-state index contributed by atoms with van der Waals surface area (Å²) in [6.07, 6.45) is 3.99. The predicted molar refractivity (Wildman–Crippen MR) is 92.4 cm³/mol. The number of aliphatic hydroxyl groups is 1. The summed E-state index contributed by atoms with van der Waals surface area (Å²) >= 11 is 0. The van der Waals surface area contributed by atoms with Gasteiger partial charge in [-0.1, -0.05) is 6.08 Å². The molecular weight excluding hydrogens is 292 g/mol. The second-order valence-corrected chi connectivity index (χ2v) is 6.58. The van der Waals surface area contributed by atoms with E-state index >= 15 is 0 Å². The number of amides is 1. The van der Waals surface area contributed by atoms with Gasteiger partial charge >= 0.3 is 0 Å². The average molecular weight is 324 g/mol. The van der Waals surface area contributed by atoms with Crippen LogP contribution in [0.2, 0.25) is 0 Å². The lowest BCUT2D eigenvalue weighted by atomic mass is 10.0. The van der Waals surface area contributed by atoms with Gasteiger partial charge in [-0.25, -0.2) is 0 Å². The van der Waals surface area contributed by atoms with E-state index in [1.165, 1.54) is 0 Å². The van der Waals surface area contributed by atoms with Crippen molar-refractivity contribution < 1.29 is 9.90 Å². The van der Waals surface area contributed by atoms with Crippen LogP contribution in [-0.2, 0) is 4.79 Å². The van der Waals surface area contributed by atoms with Crippen LogP contribution in [0.25, 0.3) is 0 Å². The van der Waals surface area contributed by atoms with Crippen LogP contribution in [0.4, 0.5) is 0 Å². The molecule has 0 saturated carbocycles. The number of aliphatic hydroxyl groups excluding tert-OH is 1. The fourth-order valence-corrected chi connectivity index (χ4v) is 3.62. The first-order chi connectivity index (χ1) is 11.2. The Morgan fingerprint density at radius 2 is 1.91 bits per heavy atom. The van der Waals surface area contributed by atoms with Crippen LogP contribution in [0.1, 0.15) is 19.8 Å². The average Bonchev–Trinajstić information content (AvgIpc) is 2.60. The van der Waals surface area contributed by atoms with Crippen molar-refractivity contribution in [3.8, 4) is 0 Å². The summed E-state index contributed by atoms with van der Waals surface area (Å²) in [5.41, 5.74) is 0. The maximum atomic E-state index is 12.0. The molecule has 2 aliphatic rings. The zero-order chi connectivity index (χ0) is 16.7. The lowest BCUT2D eigenvalue weighted by Gasteiger charge is -2.43. The monoisotopic (exact) mass is 324 g/mol. The summed E-state index contributed by atoms with van der Waals surface area (Å²) in [6, 6.07) is 0.586. The molecule has 2 fully saturated rings. The third-order valence-corrected chi connectivity index (χ3v) is 5.19. The minimum absolute atomic E-state index is 0.0581. The Bertz CT molecular complexity index is 375. The molecule has 2 heterocycles. The van der Waals surface area contributed by atoms with Crippen molar-refractivity contribution in [2.45, 2.75) is 31.8 Å². The van der Waals surface area contributed by atoms with E-state index in [0.29, 0.717) is 12.6 Å². The van der Waals surface area contributed by atoms with Crippen molar-refractivity contribution in [1.29, 1.82) is 0 Å². The number of nitrogens with one attached hydrogen (secondary N) is 1. The number of carbonyl (C=O) groups is 1. The number of likely N-dealkylation sites (tertiary alicyclic amines) is 1. The number of hydrogen-bond donors (Lipinski definition) is 2. The van der Waals surface area contributed by atoms with Gasteiger partial charge in [0.05, 0.1) is 12.6 Å². The Labute approximate surface area is 140 Å². The first kappa shape index (κ1) is 18.4. The van der Waals surface area contributed by atoms with Crippen molar-refractivity contribution in [2.75, 3.05) is 59.0 Å². The molecule has 2 saturated heterocycles. The Morgan fingerprint density at radius 1 is 1.26 bits per heavy atom. The Balaban J connectivity index is 1.71. The number of piperidine rings is 1. The molecule has 23 heavy (non-hydrogen) atoms. The largest absolute Gasteiger partial charge is 0.395 e. The second kappa shape index (κ2) is 9.37. The number of hydrogen-bond acceptors (Lipinski definition) is 5. The smallest absolute Gasteiger partial charge is 0.237 e. The second-order valence-electron chi connectivity index (χ2n) is 6.58. The summed E-state index contributed by atoms with van der Waals surface area (Å²) < 4.78 is 0. The third kappa shape index (κ3) is 5.28. The molecule has 0 aromatic carbocycles. The number of β-amino-alcohol motifs (C(OH)–C–C–N with tert-alkyl or cyclic N) is 1. The fourth-order valence-electron chi connectivity index (χ4n) is 3.62. The molecular formula is C17H32N4O2. The van der Waals surface area contributed by atoms with Gasteiger partial charge in [0.15, 0.2) is 0 Å². The van der Waals surface area contributed by atoms with Crippen LogP contribution >= 0.6 is 0 Å². The van der Waals surface area contributed by atoms with Gasteiger partial charge in [0.25, 0.3) is 0 Å². The molecule has 2 N–H and O–H groups in total. The van der Waals surface area contributed by atoms with Crippen LogP contribution in [0, 0.1) is 0 Å². The summed E-state index contributed by atoms with van der Waals surface area (Å²) in [4.78, 5) is 19.3. The Hall–Kier alpha value is -0.950. The fraction of sp³-hybridized carbons (Fsp3) is 0.824. The zero-order valence-electron chi connectivity index (χ0n) is 14.4. The van der Waals surface area contributed by atoms with Crippen LogP contribution in [0.3, 0.4) is 0 Å². The zero-order valence-corrected chi connectivity index (χ0v) is 14.4. The molecule has 1 atom stereocenters. The quantitative estimate of drug-likeness (QED) is 0.633. The highest BCUT2D eigenvalue weighted by Gasteiger charge is 2.30. The molecule has 2 aliphatic heterocycles. The lowest BCUT2D eigenvalue weighted by Crippen LogP contribution is -2.55. The topological polar surface area (TPSA) is 59.1 Å². The molecule has 0 aromatic heterocycles. The van der Waals surface area contributed by atoms with Gasteiger partial charge in [-0.2, -0.15) is 0 Å². The first-order valence-corrected chi connectivity index (χ1v) is 8.85. The summed E-state index contributed by atoms with van der Waals surface area (Å²) in [7, 11) is 0. The molecule has 1 amide bonds. The maximum absolute atomic E-state index is 12.0. The van der Waals surface area contributed by atoms with E-state index in [1.54, 1.807) is 6.08 Å². The molecule has 0 aliphatic carbocycles. The molecule has 0 bridgehead atoms. The van der Waals surface area contributed by atoms with E-state index in [4.69, 9.17) is 5.11 Å². The molecule has 0 radical (unpaired) electrons. The normalized spacial score (nSPS) is 23.6. The summed E-state index contributed by atoms with van der Waals surface area (Å²) in [5.74, 6) is 0.0981. The lowest BCUT2D eigenvalue weighted by molar-refractivity contribution is -0.126. The number of carbonyl (C=O) groups excluding carboxylic acids is 1. The molecule has 1 unspecified atom stereocenters. The Morgan fingerprint density at radius 3 is 2.48 bits per heavy atom. The highest BCUT2D eigenvalue weighted by Crippen LogP contribution is 2.19. The number of nitrogens with zero attached hydrogens (tertiary/aromatic N) is 3. The highest BCUT2D eigenvalue weighted by atomic mass is 16.3. The summed E-state index contributed by atoms with van der Waals surface area (Å²) in [6.45, 7) is 13.5. The van der Waals surface area contributed by atoms with Gasteiger partial charge in [-0.15, -0.1) is 6.58 Å². The van der Waals surface area contributed by atoms with Gasteiger partial charge in [0.2, 0.25) is 5.91 Å². The number of rotatable bonds is 7. The van der Waals surface area contributed by atoms with E-state index in [2.05, 4.69) is 26.6 Å². The third-order valence-electron chi connectivity index (χ3n) is 5.19. The van der Waals surface area contributed by atoms with Gasteiger partial charge < -0.3 is 10.4 Å². The maximum Gasteiger partial charge on any atom is 0.237 e. The van der Waals surface area contributed by atoms with Gasteiger partial charge in [-0.05, 0) is 19.8 Å². The van der Waals surface area contributed by atoms with E-state index < -0.39 is 0 Å². The van der Waals surface area contributed by atoms with Crippen molar-refractivity contribution in [2.24, 2.45) is 0 Å². The molecule has 6 nitrogen and oxygen atoms in total. The van der Waals surface area contributed by atoms with Gasteiger partial charge in [0, 0.05) is 58.4 Å². The van der Waals surface area contributed by atoms with Crippen molar-refractivity contribution in [1.82, 2.24) is 20.0 Å². The molecule has 6 heteroatoms. The number of piperazine rings is 1. The van der Waals surface area contributed by atoms with Crippen LogP contribution in [0.15, 0.2) is 12.7 Å². The first-order valence-electron chi connectivity index (χ1n) is 8.85. The van der Waals surface area contributed by atoms with Gasteiger partial charge in [0.1, 0.15) is 0 Å². The van der Waals surface area contributed by atoms with Crippen molar-refractivity contribution >= 4 is 5.91 Å². The van der Waals surface area contributed by atoms with E-state index in [1.807, 2.05) is 6.92 Å². The minimum Gasteiger partial charge on any atom is -0.395 e. The van der Waals surface area contributed by atoms with E-state index in [-0.39, 0.29) is 18.6 Å². The van der Waals surface area contributed by atoms with Crippen LogP contribution in [-0.4, -0.2) is 96.8 Å². The Kier molecular flexibility index (Phi) is 7.49. The van der Waals surface area contributed by atoms with E-state index in [9.17, 15) is 4.79 Å². The molecule has 0 spiro atoms. The molecule has 0 aromatic rings. The molecule has 2 rings (SSSR count).